The molecule has 1 heterocycles. The molecule has 0 saturated heterocycles. The van der Waals surface area contributed by atoms with Crippen molar-refractivity contribution in [1.82, 2.24) is 0 Å². The van der Waals surface area contributed by atoms with Crippen molar-refractivity contribution < 1.29 is 22.7 Å². The molecule has 1 amide bonds. The number of carbonyl (C=O) groups is 2. The van der Waals surface area contributed by atoms with Gasteiger partial charge >= 0.3 is 5.97 Å². The minimum absolute atomic E-state index is 0.0747. The predicted molar refractivity (Wildman–Crippen MR) is 95.4 cm³/mol. The molecule has 1 aliphatic heterocycles. The third-order valence-electron chi connectivity index (χ3n) is 4.05. The van der Waals surface area contributed by atoms with E-state index in [-0.39, 0.29) is 11.3 Å². The summed E-state index contributed by atoms with van der Waals surface area (Å²) in [5.41, 5.74) is -0.0855. The summed E-state index contributed by atoms with van der Waals surface area (Å²) in [6.45, 7) is 1.50. The van der Waals surface area contributed by atoms with Crippen LogP contribution in [-0.4, -0.2) is 25.9 Å². The maximum absolute atomic E-state index is 12.6. The third-order valence-corrected chi connectivity index (χ3v) is 5.22. The summed E-state index contributed by atoms with van der Waals surface area (Å²) in [5.74, 6) is -1.15. The van der Waals surface area contributed by atoms with Gasteiger partial charge in [0.05, 0.1) is 10.5 Å². The van der Waals surface area contributed by atoms with Gasteiger partial charge in [-0.1, -0.05) is 11.6 Å². The van der Waals surface area contributed by atoms with Crippen LogP contribution in [0.5, 0.6) is 0 Å². The zero-order valence-electron chi connectivity index (χ0n) is 13.7. The summed E-state index contributed by atoms with van der Waals surface area (Å²) < 4.78 is 27.9. The van der Waals surface area contributed by atoms with E-state index in [4.69, 9.17) is 21.5 Å². The van der Waals surface area contributed by atoms with E-state index >= 15 is 0 Å². The molecule has 136 valence electrons. The summed E-state index contributed by atoms with van der Waals surface area (Å²) in [7, 11) is -3.82. The lowest BCUT2D eigenvalue weighted by molar-refractivity contribution is -0.134. The molecule has 2 aromatic carbocycles. The summed E-state index contributed by atoms with van der Waals surface area (Å²) >= 11 is 5.97. The van der Waals surface area contributed by atoms with Gasteiger partial charge in [0.25, 0.3) is 5.91 Å². The van der Waals surface area contributed by atoms with Crippen LogP contribution in [0.2, 0.25) is 5.02 Å². The number of amides is 1. The second-order valence-electron chi connectivity index (χ2n) is 6.12. The number of ether oxygens (including phenoxy) is 1. The SMILES string of the molecule is CC1(C(=O)Nc2ccc(S(N)(=O)=O)cc2)Cc2cc(Cl)ccc2C(=O)O1. The molecule has 0 aliphatic carbocycles. The molecule has 2 aromatic rings. The lowest BCUT2D eigenvalue weighted by Gasteiger charge is -2.33. The van der Waals surface area contributed by atoms with Crippen molar-refractivity contribution in [2.45, 2.75) is 23.8 Å². The van der Waals surface area contributed by atoms with E-state index in [2.05, 4.69) is 5.32 Å². The van der Waals surface area contributed by atoms with Crippen LogP contribution >= 0.6 is 11.6 Å². The quantitative estimate of drug-likeness (QED) is 0.773. The topological polar surface area (TPSA) is 116 Å². The maximum atomic E-state index is 12.6. The van der Waals surface area contributed by atoms with E-state index < -0.39 is 27.5 Å². The summed E-state index contributed by atoms with van der Waals surface area (Å²) in [5, 5.41) is 8.11. The molecule has 1 atom stereocenters. The number of carbonyl (C=O) groups excluding carboxylic acids is 2. The Bertz CT molecular complexity index is 1000. The van der Waals surface area contributed by atoms with Crippen molar-refractivity contribution >= 4 is 39.2 Å². The van der Waals surface area contributed by atoms with E-state index in [0.717, 1.165) is 0 Å². The Labute approximate surface area is 155 Å². The second-order valence-corrected chi connectivity index (χ2v) is 8.12. The fraction of sp³-hybridized carbons (Fsp3) is 0.176. The van der Waals surface area contributed by atoms with Gasteiger partial charge in [-0.05, 0) is 55.0 Å². The number of benzene rings is 2. The number of fused-ring (bicyclic) bond motifs is 1. The van der Waals surface area contributed by atoms with Gasteiger partial charge in [-0.15, -0.1) is 0 Å². The molecule has 3 N–H and O–H groups in total. The van der Waals surface area contributed by atoms with Crippen LogP contribution < -0.4 is 10.5 Å². The Kier molecular flexibility index (Phi) is 4.51. The molecule has 0 aromatic heterocycles. The summed E-state index contributed by atoms with van der Waals surface area (Å²) in [6.07, 6.45) is 0.162. The first kappa shape index (κ1) is 18.4. The molecule has 0 fully saturated rings. The highest BCUT2D eigenvalue weighted by Gasteiger charge is 2.42. The number of nitrogens with one attached hydrogen (secondary N) is 1. The Morgan fingerprint density at radius 2 is 1.88 bits per heavy atom. The molecule has 0 saturated carbocycles. The molecule has 0 spiro atoms. The van der Waals surface area contributed by atoms with Crippen LogP contribution in [0.3, 0.4) is 0 Å². The van der Waals surface area contributed by atoms with E-state index in [9.17, 15) is 18.0 Å². The molecule has 7 nitrogen and oxygen atoms in total. The van der Waals surface area contributed by atoms with Crippen LogP contribution in [0, 0.1) is 0 Å². The van der Waals surface area contributed by atoms with Crippen molar-refractivity contribution in [3.63, 3.8) is 0 Å². The number of hydrogen-bond donors (Lipinski definition) is 2. The molecule has 1 unspecified atom stereocenters. The van der Waals surface area contributed by atoms with Gasteiger partial charge in [0.15, 0.2) is 5.60 Å². The van der Waals surface area contributed by atoms with E-state index in [0.29, 0.717) is 21.8 Å². The van der Waals surface area contributed by atoms with Gasteiger partial charge in [0, 0.05) is 17.1 Å². The van der Waals surface area contributed by atoms with Gasteiger partial charge in [0.1, 0.15) is 0 Å². The number of esters is 1. The zero-order valence-corrected chi connectivity index (χ0v) is 15.2. The van der Waals surface area contributed by atoms with E-state index in [1.165, 1.54) is 31.2 Å². The number of sulfonamides is 1. The predicted octanol–water partition coefficient (Wildman–Crippen LogP) is 2.10. The molecule has 9 heteroatoms. The van der Waals surface area contributed by atoms with Crippen LogP contribution in [-0.2, 0) is 26.0 Å². The fourth-order valence-corrected chi connectivity index (χ4v) is 3.39. The lowest BCUT2D eigenvalue weighted by Crippen LogP contribution is -2.48. The number of halogens is 1. The van der Waals surface area contributed by atoms with Crippen molar-refractivity contribution in [2.75, 3.05) is 5.32 Å². The number of rotatable bonds is 3. The highest BCUT2D eigenvalue weighted by molar-refractivity contribution is 7.89. The van der Waals surface area contributed by atoms with Gasteiger partial charge in [-0.2, -0.15) is 0 Å². The monoisotopic (exact) mass is 394 g/mol. The second kappa shape index (κ2) is 6.39. The Morgan fingerprint density at radius 3 is 2.50 bits per heavy atom. The Morgan fingerprint density at radius 1 is 1.23 bits per heavy atom. The first-order valence-corrected chi connectivity index (χ1v) is 9.47. The number of cyclic esters (lactones) is 1. The molecule has 3 rings (SSSR count). The van der Waals surface area contributed by atoms with Crippen molar-refractivity contribution in [2.24, 2.45) is 5.14 Å². The van der Waals surface area contributed by atoms with Crippen LogP contribution in [0.15, 0.2) is 47.4 Å². The highest BCUT2D eigenvalue weighted by atomic mass is 35.5. The zero-order chi connectivity index (χ0) is 19.1. The van der Waals surface area contributed by atoms with Crippen molar-refractivity contribution in [3.8, 4) is 0 Å². The Hall–Kier alpha value is -2.42. The van der Waals surface area contributed by atoms with Crippen LogP contribution in [0.1, 0.15) is 22.8 Å². The first-order valence-electron chi connectivity index (χ1n) is 7.55. The minimum Gasteiger partial charge on any atom is -0.445 e. The van der Waals surface area contributed by atoms with Gasteiger partial charge in [-0.3, -0.25) is 4.79 Å². The van der Waals surface area contributed by atoms with Crippen molar-refractivity contribution in [1.29, 1.82) is 0 Å². The standard InChI is InChI=1S/C17H15ClN2O5S/c1-17(9-10-8-11(18)2-7-14(10)15(21)25-17)16(22)20-12-3-5-13(6-4-12)26(19,23)24/h2-8H,9H2,1H3,(H,20,22)(H2,19,23,24). The molecule has 0 bridgehead atoms. The first-order chi connectivity index (χ1) is 12.1. The lowest BCUT2D eigenvalue weighted by atomic mass is 9.89. The van der Waals surface area contributed by atoms with Crippen LogP contribution in [0.25, 0.3) is 0 Å². The average Bonchev–Trinajstić information content (AvgIpc) is 2.53. The summed E-state index contributed by atoms with van der Waals surface area (Å²) in [6, 6.07) is 10.1. The molecule has 1 aliphatic rings. The smallest absolute Gasteiger partial charge is 0.339 e. The molecular formula is C17H15ClN2O5S. The largest absolute Gasteiger partial charge is 0.445 e. The normalized spacial score (nSPS) is 19.4. The van der Waals surface area contributed by atoms with E-state index in [1.807, 2.05) is 0 Å². The van der Waals surface area contributed by atoms with Gasteiger partial charge < -0.3 is 10.1 Å². The third kappa shape index (κ3) is 3.57. The number of primary sulfonamides is 1. The fourth-order valence-electron chi connectivity index (χ4n) is 2.68. The average molecular weight is 395 g/mol. The minimum atomic E-state index is -3.82. The Balaban J connectivity index is 1.82. The number of anilines is 1. The summed E-state index contributed by atoms with van der Waals surface area (Å²) in [4.78, 5) is 24.8. The number of nitrogens with two attached hydrogens (primary N) is 1. The molecule has 0 radical (unpaired) electrons. The number of hydrogen-bond acceptors (Lipinski definition) is 5. The van der Waals surface area contributed by atoms with Crippen LogP contribution in [0.4, 0.5) is 5.69 Å². The van der Waals surface area contributed by atoms with E-state index in [1.54, 1.807) is 18.2 Å². The van der Waals surface area contributed by atoms with Gasteiger partial charge in [-0.25, -0.2) is 18.4 Å². The molecule has 26 heavy (non-hydrogen) atoms. The molecular weight excluding hydrogens is 380 g/mol. The van der Waals surface area contributed by atoms with Gasteiger partial charge in [0.2, 0.25) is 10.0 Å². The maximum Gasteiger partial charge on any atom is 0.339 e. The highest BCUT2D eigenvalue weighted by Crippen LogP contribution is 2.31. The van der Waals surface area contributed by atoms with Crippen molar-refractivity contribution in [3.05, 3.63) is 58.6 Å².